The standard InChI is InChI=1S/C23H32N2O4S/c1-14(2)24-23(28)25-19-8-6-18(7-9-19)11-21-15(3)10-20(27)12-22(21)29-17(5)30-16(4)13-26/h6-10,12,14,16-17,26-27H,11,13H2,1-5H3,(H2,24,25,28)/t16-,17+/m0/s1. The molecule has 0 spiro atoms. The second kappa shape index (κ2) is 11.1. The van der Waals surface area contributed by atoms with Gasteiger partial charge in [0.25, 0.3) is 0 Å². The van der Waals surface area contributed by atoms with Gasteiger partial charge in [0.1, 0.15) is 16.9 Å². The molecule has 4 N–H and O–H groups in total. The van der Waals surface area contributed by atoms with Gasteiger partial charge in [0.15, 0.2) is 0 Å². The molecule has 0 aliphatic rings. The number of aromatic hydroxyl groups is 1. The Morgan fingerprint density at radius 2 is 1.80 bits per heavy atom. The summed E-state index contributed by atoms with van der Waals surface area (Å²) in [6.07, 6.45) is 0.632. The molecule has 0 fully saturated rings. The predicted molar refractivity (Wildman–Crippen MR) is 124 cm³/mol. The van der Waals surface area contributed by atoms with Crippen molar-refractivity contribution in [2.75, 3.05) is 11.9 Å². The van der Waals surface area contributed by atoms with Crippen molar-refractivity contribution in [3.63, 3.8) is 0 Å². The van der Waals surface area contributed by atoms with E-state index in [0.717, 1.165) is 22.4 Å². The van der Waals surface area contributed by atoms with Gasteiger partial charge in [0, 0.05) is 35.0 Å². The fourth-order valence-electron chi connectivity index (χ4n) is 3.01. The molecule has 0 aromatic heterocycles. The number of rotatable bonds is 9. The number of thioether (sulfide) groups is 1. The van der Waals surface area contributed by atoms with Gasteiger partial charge in [-0.15, -0.1) is 11.8 Å². The van der Waals surface area contributed by atoms with E-state index in [1.54, 1.807) is 12.1 Å². The molecule has 0 heterocycles. The van der Waals surface area contributed by atoms with Crippen LogP contribution in [0.2, 0.25) is 0 Å². The minimum absolute atomic E-state index is 0.0646. The number of ether oxygens (including phenoxy) is 1. The summed E-state index contributed by atoms with van der Waals surface area (Å²) in [6.45, 7) is 9.72. The van der Waals surface area contributed by atoms with Gasteiger partial charge in [0.2, 0.25) is 0 Å². The highest BCUT2D eigenvalue weighted by Crippen LogP contribution is 2.33. The van der Waals surface area contributed by atoms with Gasteiger partial charge in [-0.3, -0.25) is 0 Å². The average Bonchev–Trinajstić information content (AvgIpc) is 2.65. The lowest BCUT2D eigenvalue weighted by atomic mass is 9.99. The van der Waals surface area contributed by atoms with E-state index in [-0.39, 0.29) is 35.1 Å². The van der Waals surface area contributed by atoms with Crippen molar-refractivity contribution >= 4 is 23.5 Å². The lowest BCUT2D eigenvalue weighted by Crippen LogP contribution is -2.34. The molecular weight excluding hydrogens is 400 g/mol. The molecule has 0 saturated carbocycles. The number of carbonyl (C=O) groups excluding carboxylic acids is 1. The fraction of sp³-hybridized carbons (Fsp3) is 0.435. The molecular formula is C23H32N2O4S. The number of amides is 2. The van der Waals surface area contributed by atoms with Crippen molar-refractivity contribution in [1.82, 2.24) is 5.32 Å². The molecule has 6 nitrogen and oxygen atoms in total. The Bertz CT molecular complexity index is 840. The van der Waals surface area contributed by atoms with E-state index in [2.05, 4.69) is 10.6 Å². The Labute approximate surface area is 183 Å². The van der Waals surface area contributed by atoms with E-state index in [1.807, 2.05) is 58.9 Å². The zero-order valence-electron chi connectivity index (χ0n) is 18.2. The van der Waals surface area contributed by atoms with E-state index >= 15 is 0 Å². The van der Waals surface area contributed by atoms with E-state index < -0.39 is 0 Å². The third-order valence-corrected chi connectivity index (χ3v) is 5.50. The van der Waals surface area contributed by atoms with Crippen molar-refractivity contribution in [3.05, 3.63) is 53.1 Å². The zero-order valence-corrected chi connectivity index (χ0v) is 19.0. The number of hydrogen-bond donors (Lipinski definition) is 4. The summed E-state index contributed by atoms with van der Waals surface area (Å²) in [5.41, 5.74) is 3.55. The second-order valence-corrected chi connectivity index (χ2v) is 9.42. The minimum atomic E-state index is -0.230. The Balaban J connectivity index is 2.14. The molecule has 0 saturated heterocycles. The molecule has 0 unspecified atom stereocenters. The van der Waals surface area contributed by atoms with Gasteiger partial charge >= 0.3 is 6.03 Å². The van der Waals surface area contributed by atoms with Gasteiger partial charge in [-0.05, 0) is 57.0 Å². The third-order valence-electron chi connectivity index (χ3n) is 4.40. The minimum Gasteiger partial charge on any atom is -0.508 e. The third kappa shape index (κ3) is 7.46. The number of aliphatic hydroxyl groups excluding tert-OH is 1. The normalized spacial score (nSPS) is 13.0. The van der Waals surface area contributed by atoms with Crippen LogP contribution in [0.15, 0.2) is 36.4 Å². The predicted octanol–water partition coefficient (Wildman–Crippen LogP) is 4.66. The Hall–Kier alpha value is -2.38. The van der Waals surface area contributed by atoms with Gasteiger partial charge in [-0.1, -0.05) is 19.1 Å². The first-order chi connectivity index (χ1) is 14.2. The van der Waals surface area contributed by atoms with Crippen LogP contribution >= 0.6 is 11.8 Å². The topological polar surface area (TPSA) is 90.8 Å². The maximum Gasteiger partial charge on any atom is 0.319 e. The van der Waals surface area contributed by atoms with E-state index in [4.69, 9.17) is 4.74 Å². The highest BCUT2D eigenvalue weighted by molar-refractivity contribution is 8.00. The maximum atomic E-state index is 11.8. The van der Waals surface area contributed by atoms with Crippen LogP contribution in [0.1, 0.15) is 44.4 Å². The van der Waals surface area contributed by atoms with Crippen LogP contribution in [-0.2, 0) is 6.42 Å². The number of hydrogen-bond acceptors (Lipinski definition) is 5. The first-order valence-corrected chi connectivity index (χ1v) is 11.0. The molecule has 2 amide bonds. The van der Waals surface area contributed by atoms with Crippen molar-refractivity contribution in [3.8, 4) is 11.5 Å². The van der Waals surface area contributed by atoms with Crippen LogP contribution in [0.3, 0.4) is 0 Å². The number of nitrogens with one attached hydrogen (secondary N) is 2. The zero-order chi connectivity index (χ0) is 22.3. The number of carbonyl (C=O) groups is 1. The first-order valence-electron chi connectivity index (χ1n) is 10.1. The van der Waals surface area contributed by atoms with Gasteiger partial charge in [-0.2, -0.15) is 0 Å². The second-order valence-electron chi connectivity index (χ2n) is 7.68. The molecule has 2 rings (SSSR count). The lowest BCUT2D eigenvalue weighted by Gasteiger charge is -2.21. The maximum absolute atomic E-state index is 11.8. The average molecular weight is 433 g/mol. The number of anilines is 1. The number of aryl methyl sites for hydroxylation is 1. The summed E-state index contributed by atoms with van der Waals surface area (Å²) in [5, 5.41) is 25.0. The van der Waals surface area contributed by atoms with Crippen LogP contribution < -0.4 is 15.4 Å². The molecule has 0 radical (unpaired) electrons. The van der Waals surface area contributed by atoms with Crippen LogP contribution in [0, 0.1) is 6.92 Å². The number of benzene rings is 2. The van der Waals surface area contributed by atoms with Crippen molar-refractivity contribution in [2.24, 2.45) is 0 Å². The number of phenolic OH excluding ortho intramolecular Hbond substituents is 1. The lowest BCUT2D eigenvalue weighted by molar-refractivity contribution is 0.250. The molecule has 0 aliphatic carbocycles. The van der Waals surface area contributed by atoms with Crippen LogP contribution in [0.5, 0.6) is 11.5 Å². The first kappa shape index (κ1) is 23.9. The molecule has 7 heteroatoms. The molecule has 2 atom stereocenters. The smallest absolute Gasteiger partial charge is 0.319 e. The van der Waals surface area contributed by atoms with Crippen LogP contribution in [-0.4, -0.2) is 39.6 Å². The van der Waals surface area contributed by atoms with Crippen molar-refractivity contribution in [2.45, 2.75) is 57.8 Å². The summed E-state index contributed by atoms with van der Waals surface area (Å²) in [5.74, 6) is 0.797. The highest BCUT2D eigenvalue weighted by atomic mass is 32.2. The monoisotopic (exact) mass is 432 g/mol. The summed E-state index contributed by atoms with van der Waals surface area (Å²) in [6, 6.07) is 10.9. The van der Waals surface area contributed by atoms with Crippen molar-refractivity contribution in [1.29, 1.82) is 0 Å². The summed E-state index contributed by atoms with van der Waals surface area (Å²) >= 11 is 1.53. The molecule has 164 valence electrons. The van der Waals surface area contributed by atoms with Gasteiger partial charge in [0.05, 0.1) is 6.61 Å². The van der Waals surface area contributed by atoms with E-state index in [1.165, 1.54) is 11.8 Å². The molecule has 2 aromatic carbocycles. The summed E-state index contributed by atoms with van der Waals surface area (Å²) < 4.78 is 6.09. The molecule has 30 heavy (non-hydrogen) atoms. The molecule has 0 aliphatic heterocycles. The molecule has 2 aromatic rings. The summed E-state index contributed by atoms with van der Waals surface area (Å²) in [7, 11) is 0. The highest BCUT2D eigenvalue weighted by Gasteiger charge is 2.16. The van der Waals surface area contributed by atoms with Crippen molar-refractivity contribution < 1.29 is 19.7 Å². The SMILES string of the molecule is Cc1cc(O)cc(O[C@@H](C)S[C@@H](C)CO)c1Cc1ccc(NC(=O)NC(C)C)cc1. The largest absolute Gasteiger partial charge is 0.508 e. The van der Waals surface area contributed by atoms with Crippen LogP contribution in [0.25, 0.3) is 0 Å². The number of phenols is 1. The van der Waals surface area contributed by atoms with Gasteiger partial charge in [-0.25, -0.2) is 4.79 Å². The number of aliphatic hydroxyl groups is 1. The molecule has 0 bridgehead atoms. The van der Waals surface area contributed by atoms with Crippen LogP contribution in [0.4, 0.5) is 10.5 Å². The Morgan fingerprint density at radius 3 is 2.40 bits per heavy atom. The quantitative estimate of drug-likeness (QED) is 0.433. The van der Waals surface area contributed by atoms with E-state index in [0.29, 0.717) is 12.2 Å². The Morgan fingerprint density at radius 1 is 1.13 bits per heavy atom. The van der Waals surface area contributed by atoms with Gasteiger partial charge < -0.3 is 25.6 Å². The number of urea groups is 1. The summed E-state index contributed by atoms with van der Waals surface area (Å²) in [4.78, 5) is 11.8. The Kier molecular flexibility index (Phi) is 8.87. The fourth-order valence-corrected chi connectivity index (χ4v) is 3.91. The van der Waals surface area contributed by atoms with E-state index in [9.17, 15) is 15.0 Å².